The normalized spacial score (nSPS) is 10.4. The summed E-state index contributed by atoms with van der Waals surface area (Å²) in [5.74, 6) is -2.39. The Kier molecular flexibility index (Phi) is 5.07. The molecule has 2 nitrogen and oxygen atoms in total. The molecule has 0 spiro atoms. The van der Waals surface area contributed by atoms with Gasteiger partial charge in [0.1, 0.15) is 0 Å². The zero-order valence-corrected chi connectivity index (χ0v) is 9.02. The quantitative estimate of drug-likeness (QED) is 0.553. The highest BCUT2D eigenvalue weighted by Crippen LogP contribution is 2.30. The molecule has 1 heterocycles. The molecule has 90 valence electrons. The molecule has 1 aromatic rings. The number of nitrogens with zero attached hydrogens (tertiary/aromatic N) is 1. The summed E-state index contributed by atoms with van der Waals surface area (Å²) in [7, 11) is 0. The molecule has 0 saturated carbocycles. The topological polar surface area (TPSA) is 30.0 Å². The summed E-state index contributed by atoms with van der Waals surface area (Å²) in [5.41, 5.74) is -2.27. The predicted octanol–water partition coefficient (Wildman–Crippen LogP) is 3.47. The fraction of sp³-hybridized carbons (Fsp3) is 0.400. The molecule has 0 aromatic carbocycles. The summed E-state index contributed by atoms with van der Waals surface area (Å²) in [6.07, 6.45) is -4.13. The van der Waals surface area contributed by atoms with Gasteiger partial charge in [-0.25, -0.2) is 9.37 Å². The third-order valence-electron chi connectivity index (χ3n) is 1.54. The molecule has 0 aliphatic carbocycles. The largest absolute Gasteiger partial charge is 0.436 e. The van der Waals surface area contributed by atoms with Gasteiger partial charge < -0.3 is 0 Å². The van der Waals surface area contributed by atoms with Gasteiger partial charge in [0.25, 0.3) is 0 Å². The first-order valence-corrected chi connectivity index (χ1v) is 4.56. The van der Waals surface area contributed by atoms with E-state index >= 15 is 0 Å². The molecule has 1 rings (SSSR count). The molecule has 0 aliphatic heterocycles. The lowest BCUT2D eigenvalue weighted by molar-refractivity contribution is -0.143. The molecule has 6 heteroatoms. The molecular formula is C10H11F4NO. The maximum absolute atomic E-state index is 13.0. The summed E-state index contributed by atoms with van der Waals surface area (Å²) < 4.78 is 49.3. The van der Waals surface area contributed by atoms with E-state index in [1.807, 2.05) is 13.8 Å². The van der Waals surface area contributed by atoms with Crippen LogP contribution >= 0.6 is 0 Å². The number of aromatic nitrogens is 1. The number of ketones is 1. The van der Waals surface area contributed by atoms with E-state index in [1.54, 1.807) is 0 Å². The van der Waals surface area contributed by atoms with Crippen molar-refractivity contribution in [3.05, 3.63) is 29.3 Å². The van der Waals surface area contributed by atoms with Crippen LogP contribution in [0.15, 0.2) is 12.3 Å². The van der Waals surface area contributed by atoms with Crippen LogP contribution in [0.5, 0.6) is 0 Å². The average molecular weight is 237 g/mol. The van der Waals surface area contributed by atoms with Crippen LogP contribution in [0.2, 0.25) is 0 Å². The summed E-state index contributed by atoms with van der Waals surface area (Å²) in [4.78, 5) is 13.6. The van der Waals surface area contributed by atoms with Crippen molar-refractivity contribution in [1.29, 1.82) is 0 Å². The Bertz CT molecular complexity index is 374. The minimum atomic E-state index is -4.88. The SMILES string of the molecule is CC.CC(=O)c1ccnc(C(F)(F)F)c1F. The van der Waals surface area contributed by atoms with Crippen molar-refractivity contribution in [2.75, 3.05) is 0 Å². The maximum atomic E-state index is 13.0. The fourth-order valence-electron chi connectivity index (χ4n) is 0.913. The highest BCUT2D eigenvalue weighted by atomic mass is 19.4. The van der Waals surface area contributed by atoms with Crippen LogP contribution in [0, 0.1) is 5.82 Å². The van der Waals surface area contributed by atoms with Gasteiger partial charge in [-0.2, -0.15) is 13.2 Å². The zero-order valence-electron chi connectivity index (χ0n) is 9.02. The molecule has 16 heavy (non-hydrogen) atoms. The number of alkyl halides is 3. The number of pyridine rings is 1. The molecular weight excluding hydrogens is 226 g/mol. The number of carbonyl (C=O) groups excluding carboxylic acids is 1. The lowest BCUT2D eigenvalue weighted by atomic mass is 10.1. The van der Waals surface area contributed by atoms with Gasteiger partial charge in [-0.05, 0) is 13.0 Å². The van der Waals surface area contributed by atoms with Crippen LogP contribution in [0.4, 0.5) is 17.6 Å². The van der Waals surface area contributed by atoms with Crippen molar-refractivity contribution in [2.24, 2.45) is 0 Å². The molecule has 0 N–H and O–H groups in total. The smallest absolute Gasteiger partial charge is 0.294 e. The van der Waals surface area contributed by atoms with Crippen molar-refractivity contribution in [3.8, 4) is 0 Å². The molecule has 0 fully saturated rings. The number of carbonyl (C=O) groups is 1. The van der Waals surface area contributed by atoms with E-state index in [2.05, 4.69) is 4.98 Å². The Balaban J connectivity index is 0.00000106. The first-order valence-electron chi connectivity index (χ1n) is 4.56. The zero-order chi connectivity index (χ0) is 12.9. The van der Waals surface area contributed by atoms with Crippen LogP contribution in [0.3, 0.4) is 0 Å². The van der Waals surface area contributed by atoms with Crippen LogP contribution in [-0.2, 0) is 6.18 Å². The molecule has 0 unspecified atom stereocenters. The van der Waals surface area contributed by atoms with E-state index in [9.17, 15) is 22.4 Å². The Morgan fingerprint density at radius 3 is 2.19 bits per heavy atom. The molecule has 0 atom stereocenters. The second kappa shape index (κ2) is 5.58. The molecule has 1 aromatic heterocycles. The van der Waals surface area contributed by atoms with Gasteiger partial charge in [0.15, 0.2) is 17.3 Å². The third-order valence-corrected chi connectivity index (χ3v) is 1.54. The molecule has 0 aliphatic rings. The van der Waals surface area contributed by atoms with Crippen molar-refractivity contribution >= 4 is 5.78 Å². The molecule has 0 amide bonds. The maximum Gasteiger partial charge on any atom is 0.436 e. The molecule has 0 radical (unpaired) electrons. The Hall–Kier alpha value is -1.46. The highest BCUT2D eigenvalue weighted by Gasteiger charge is 2.37. The number of rotatable bonds is 1. The number of Topliss-reactive ketones (excluding diaryl/α,β-unsaturated/α-hetero) is 1. The lowest BCUT2D eigenvalue weighted by Crippen LogP contribution is -2.13. The van der Waals surface area contributed by atoms with E-state index in [0.717, 1.165) is 19.2 Å². The van der Waals surface area contributed by atoms with E-state index in [-0.39, 0.29) is 0 Å². The van der Waals surface area contributed by atoms with Crippen molar-refractivity contribution in [3.63, 3.8) is 0 Å². The van der Waals surface area contributed by atoms with Crippen LogP contribution in [0.1, 0.15) is 36.8 Å². The number of hydrogen-bond acceptors (Lipinski definition) is 2. The standard InChI is InChI=1S/C8H5F4NO.C2H6/c1-4(14)5-2-3-13-7(6(5)9)8(10,11)12;1-2/h2-3H,1H3;1-2H3. The van der Waals surface area contributed by atoms with E-state index in [1.165, 1.54) is 0 Å². The summed E-state index contributed by atoms with van der Waals surface area (Å²) >= 11 is 0. The van der Waals surface area contributed by atoms with Crippen LogP contribution in [0.25, 0.3) is 0 Å². The van der Waals surface area contributed by atoms with Crippen molar-refractivity contribution < 1.29 is 22.4 Å². The summed E-state index contributed by atoms with van der Waals surface area (Å²) in [5, 5.41) is 0. The summed E-state index contributed by atoms with van der Waals surface area (Å²) in [6, 6.07) is 0.910. The Labute approximate surface area is 90.3 Å². The first-order chi connectivity index (χ1) is 7.34. The second-order valence-electron chi connectivity index (χ2n) is 2.58. The number of hydrogen-bond donors (Lipinski definition) is 0. The molecule has 0 saturated heterocycles. The Morgan fingerprint density at radius 2 is 1.81 bits per heavy atom. The average Bonchev–Trinajstić information content (AvgIpc) is 2.19. The van der Waals surface area contributed by atoms with Crippen molar-refractivity contribution in [2.45, 2.75) is 26.9 Å². The predicted molar refractivity (Wildman–Crippen MR) is 50.5 cm³/mol. The highest BCUT2D eigenvalue weighted by molar-refractivity contribution is 5.94. The minimum absolute atomic E-state index is 0.604. The number of halogens is 4. The fourth-order valence-corrected chi connectivity index (χ4v) is 0.913. The molecule has 0 bridgehead atoms. The van der Waals surface area contributed by atoms with Gasteiger partial charge in [0.05, 0.1) is 5.56 Å². The monoisotopic (exact) mass is 237 g/mol. The summed E-state index contributed by atoms with van der Waals surface area (Å²) in [6.45, 7) is 4.98. The van der Waals surface area contributed by atoms with E-state index < -0.39 is 29.0 Å². The van der Waals surface area contributed by atoms with Gasteiger partial charge in [-0.15, -0.1) is 0 Å². The van der Waals surface area contributed by atoms with E-state index in [0.29, 0.717) is 0 Å². The second-order valence-corrected chi connectivity index (χ2v) is 2.58. The van der Waals surface area contributed by atoms with Crippen LogP contribution < -0.4 is 0 Å². The van der Waals surface area contributed by atoms with E-state index in [4.69, 9.17) is 0 Å². The third kappa shape index (κ3) is 3.29. The van der Waals surface area contributed by atoms with Gasteiger partial charge in [-0.3, -0.25) is 4.79 Å². The van der Waals surface area contributed by atoms with Gasteiger partial charge in [-0.1, -0.05) is 13.8 Å². The lowest BCUT2D eigenvalue weighted by Gasteiger charge is -2.07. The van der Waals surface area contributed by atoms with Crippen molar-refractivity contribution in [1.82, 2.24) is 4.98 Å². The van der Waals surface area contributed by atoms with Gasteiger partial charge in [0.2, 0.25) is 0 Å². The van der Waals surface area contributed by atoms with Crippen LogP contribution in [-0.4, -0.2) is 10.8 Å². The minimum Gasteiger partial charge on any atom is -0.294 e. The Morgan fingerprint density at radius 1 is 1.31 bits per heavy atom. The first kappa shape index (κ1) is 14.5. The van der Waals surface area contributed by atoms with Gasteiger partial charge in [0, 0.05) is 6.20 Å². The van der Waals surface area contributed by atoms with Gasteiger partial charge >= 0.3 is 6.18 Å².